The van der Waals surface area contributed by atoms with Crippen LogP contribution in [0.2, 0.25) is 18.1 Å². The molecule has 0 spiro atoms. The predicted octanol–water partition coefficient (Wildman–Crippen LogP) is 5.61. The average Bonchev–Trinajstić information content (AvgIpc) is 2.68. The van der Waals surface area contributed by atoms with Gasteiger partial charge in [0, 0.05) is 19.9 Å². The minimum atomic E-state index is -0.382. The minimum absolute atomic E-state index is 0.382. The van der Waals surface area contributed by atoms with Crippen LogP contribution in [0.15, 0.2) is 48.5 Å². The second-order valence-corrected chi connectivity index (χ2v) is 10.6. The smallest absolute Gasteiger partial charge is 0.118 e. The fraction of sp³-hybridized carbons (Fsp3) is 0.391. The minimum Gasteiger partial charge on any atom is -0.497 e. The van der Waals surface area contributed by atoms with Crippen LogP contribution in [-0.2, 0) is 0 Å². The first kappa shape index (κ1) is 17.8. The molecule has 1 fully saturated rings. The largest absolute Gasteiger partial charge is 0.497 e. The number of hydrogen-bond acceptors (Lipinski definition) is 1. The molecule has 1 aliphatic heterocycles. The Hall–Kier alpha value is -1.98. The highest BCUT2D eigenvalue weighted by molar-refractivity contribution is 6.59. The van der Waals surface area contributed by atoms with Gasteiger partial charge in [0.25, 0.3) is 0 Å². The second-order valence-electron chi connectivity index (χ2n) is 7.11. The molecule has 2 heteroatoms. The molecular formula is C23H28OSi. The van der Waals surface area contributed by atoms with Crippen LogP contribution < -0.4 is 4.74 Å². The summed E-state index contributed by atoms with van der Waals surface area (Å²) in [5.74, 6) is 8.15. The van der Waals surface area contributed by atoms with Crippen LogP contribution in [0, 0.1) is 11.8 Å². The van der Waals surface area contributed by atoms with E-state index in [4.69, 9.17) is 4.74 Å². The molecule has 2 aromatic carbocycles. The number of hydrogen-bond donors (Lipinski definition) is 0. The summed E-state index contributed by atoms with van der Waals surface area (Å²) >= 11 is 0. The molecule has 1 nitrogen and oxygen atoms in total. The third kappa shape index (κ3) is 5.00. The monoisotopic (exact) mass is 348 g/mol. The molecule has 1 saturated heterocycles. The van der Waals surface area contributed by atoms with Gasteiger partial charge >= 0.3 is 0 Å². The Kier molecular flexibility index (Phi) is 6.36. The third-order valence-electron chi connectivity index (χ3n) is 5.37. The SMILES string of the molecule is CCC[Si@H]1CC[C@H](c2ccc(C#Cc3ccc(OC)cc3)cc2)CC1. The van der Waals surface area contributed by atoms with Crippen molar-refractivity contribution in [3.8, 4) is 17.6 Å². The molecule has 0 N–H and O–H groups in total. The molecule has 3 rings (SSSR count). The number of rotatable bonds is 4. The molecule has 1 aliphatic rings. The highest BCUT2D eigenvalue weighted by Gasteiger charge is 2.22. The second kappa shape index (κ2) is 8.92. The van der Waals surface area contributed by atoms with E-state index in [1.807, 2.05) is 24.3 Å². The van der Waals surface area contributed by atoms with Gasteiger partial charge in [0.15, 0.2) is 0 Å². The molecule has 130 valence electrons. The van der Waals surface area contributed by atoms with E-state index in [9.17, 15) is 0 Å². The summed E-state index contributed by atoms with van der Waals surface area (Å²) in [5.41, 5.74) is 3.62. The van der Waals surface area contributed by atoms with Crippen LogP contribution in [-0.4, -0.2) is 15.9 Å². The summed E-state index contributed by atoms with van der Waals surface area (Å²) in [4.78, 5) is 0. The van der Waals surface area contributed by atoms with Crippen molar-refractivity contribution in [3.63, 3.8) is 0 Å². The lowest BCUT2D eigenvalue weighted by atomic mass is 9.93. The predicted molar refractivity (Wildman–Crippen MR) is 109 cm³/mol. The zero-order valence-electron chi connectivity index (χ0n) is 15.4. The highest BCUT2D eigenvalue weighted by Crippen LogP contribution is 2.34. The van der Waals surface area contributed by atoms with Gasteiger partial charge in [-0.2, -0.15) is 0 Å². The summed E-state index contributed by atoms with van der Waals surface area (Å²) < 4.78 is 5.18. The first-order chi connectivity index (χ1) is 12.3. The number of ether oxygens (including phenoxy) is 1. The highest BCUT2D eigenvalue weighted by atomic mass is 28.3. The van der Waals surface area contributed by atoms with E-state index < -0.39 is 0 Å². The molecule has 0 aliphatic carbocycles. The fourth-order valence-corrected chi connectivity index (χ4v) is 7.28. The van der Waals surface area contributed by atoms with Gasteiger partial charge in [-0.1, -0.05) is 55.5 Å². The molecule has 25 heavy (non-hydrogen) atoms. The Morgan fingerprint density at radius 1 is 0.920 bits per heavy atom. The molecule has 1 heterocycles. The van der Waals surface area contributed by atoms with Gasteiger partial charge in [0.1, 0.15) is 5.75 Å². The van der Waals surface area contributed by atoms with Gasteiger partial charge < -0.3 is 4.74 Å². The van der Waals surface area contributed by atoms with Crippen molar-refractivity contribution in [1.82, 2.24) is 0 Å². The lowest BCUT2D eigenvalue weighted by Crippen LogP contribution is -2.19. The summed E-state index contributed by atoms with van der Waals surface area (Å²) in [5, 5.41) is 0. The lowest BCUT2D eigenvalue weighted by molar-refractivity contribution is 0.415. The van der Waals surface area contributed by atoms with Crippen molar-refractivity contribution in [2.75, 3.05) is 7.11 Å². The fourth-order valence-electron chi connectivity index (χ4n) is 3.85. The van der Waals surface area contributed by atoms with Crippen LogP contribution in [0.3, 0.4) is 0 Å². The van der Waals surface area contributed by atoms with Crippen LogP contribution >= 0.6 is 0 Å². The lowest BCUT2D eigenvalue weighted by Gasteiger charge is -2.27. The Labute approximate surface area is 154 Å². The summed E-state index contributed by atoms with van der Waals surface area (Å²) in [7, 11) is 1.30. The Morgan fingerprint density at radius 3 is 2.00 bits per heavy atom. The maximum atomic E-state index is 5.18. The Morgan fingerprint density at radius 2 is 1.48 bits per heavy atom. The van der Waals surface area contributed by atoms with Crippen LogP contribution in [0.25, 0.3) is 0 Å². The molecule has 0 aromatic heterocycles. The molecule has 0 amide bonds. The van der Waals surface area contributed by atoms with E-state index in [0.29, 0.717) is 0 Å². The summed E-state index contributed by atoms with van der Waals surface area (Å²) in [6.07, 6.45) is 4.21. The third-order valence-corrected chi connectivity index (χ3v) is 9.06. The van der Waals surface area contributed by atoms with Crippen LogP contribution in [0.1, 0.15) is 48.8 Å². The van der Waals surface area contributed by atoms with Gasteiger partial charge in [-0.3, -0.25) is 0 Å². The van der Waals surface area contributed by atoms with Gasteiger partial charge in [-0.25, -0.2) is 0 Å². The quantitative estimate of drug-likeness (QED) is 0.515. The van der Waals surface area contributed by atoms with E-state index in [0.717, 1.165) is 22.8 Å². The molecule has 0 radical (unpaired) electrons. The van der Waals surface area contributed by atoms with E-state index in [1.54, 1.807) is 13.2 Å². The zero-order chi connectivity index (χ0) is 17.5. The average molecular weight is 349 g/mol. The summed E-state index contributed by atoms with van der Waals surface area (Å²) in [6, 6.07) is 21.5. The Bertz CT molecular complexity index is 713. The van der Waals surface area contributed by atoms with E-state index in [1.165, 1.54) is 36.9 Å². The zero-order valence-corrected chi connectivity index (χ0v) is 16.6. The van der Waals surface area contributed by atoms with Crippen molar-refractivity contribution in [2.45, 2.75) is 50.2 Å². The first-order valence-corrected chi connectivity index (χ1v) is 12.0. The van der Waals surface area contributed by atoms with Crippen molar-refractivity contribution in [3.05, 3.63) is 65.2 Å². The van der Waals surface area contributed by atoms with Gasteiger partial charge in [0.2, 0.25) is 0 Å². The van der Waals surface area contributed by atoms with Gasteiger partial charge in [0.05, 0.1) is 7.11 Å². The van der Waals surface area contributed by atoms with Crippen molar-refractivity contribution < 1.29 is 4.74 Å². The van der Waals surface area contributed by atoms with E-state index >= 15 is 0 Å². The van der Waals surface area contributed by atoms with Gasteiger partial charge in [-0.05, 0) is 60.7 Å². The summed E-state index contributed by atoms with van der Waals surface area (Å²) in [6.45, 7) is 2.34. The molecule has 0 saturated carbocycles. The molecule has 2 aromatic rings. The molecule has 0 unspecified atom stereocenters. The maximum Gasteiger partial charge on any atom is 0.118 e. The maximum absolute atomic E-state index is 5.18. The molecule has 0 atom stereocenters. The Balaban J connectivity index is 1.60. The van der Waals surface area contributed by atoms with Gasteiger partial charge in [-0.15, -0.1) is 0 Å². The van der Waals surface area contributed by atoms with Crippen LogP contribution in [0.4, 0.5) is 0 Å². The van der Waals surface area contributed by atoms with E-state index in [2.05, 4.69) is 43.0 Å². The standard InChI is InChI=1S/C23H28OSi/c1-3-16-25-17-14-22(15-18-25)21-10-6-19(7-11-21)4-5-20-8-12-23(24-2)13-9-20/h6-13,22,25H,3,14-18H2,1-2H3/t22-,25-. The molecular weight excluding hydrogens is 320 g/mol. The topological polar surface area (TPSA) is 9.23 Å². The van der Waals surface area contributed by atoms with Crippen molar-refractivity contribution in [1.29, 1.82) is 0 Å². The van der Waals surface area contributed by atoms with Crippen LogP contribution in [0.5, 0.6) is 5.75 Å². The molecule has 0 bridgehead atoms. The number of benzene rings is 2. The number of methoxy groups -OCH3 is 1. The first-order valence-electron chi connectivity index (χ1n) is 9.54. The van der Waals surface area contributed by atoms with Crippen molar-refractivity contribution in [2.24, 2.45) is 0 Å². The normalized spacial score (nSPS) is 19.8. The van der Waals surface area contributed by atoms with E-state index in [-0.39, 0.29) is 8.80 Å². The van der Waals surface area contributed by atoms with Crippen molar-refractivity contribution >= 4 is 8.80 Å².